The molecule has 4 nitrogen and oxygen atoms in total. The minimum absolute atomic E-state index is 0.112. The van der Waals surface area contributed by atoms with Crippen LogP contribution in [0, 0.1) is 28.7 Å². The Morgan fingerprint density at radius 3 is 2.33 bits per heavy atom. The Balaban J connectivity index is 2.26. The van der Waals surface area contributed by atoms with E-state index in [0.717, 1.165) is 6.07 Å². The molecule has 0 amide bonds. The Morgan fingerprint density at radius 1 is 1.14 bits per heavy atom. The third kappa shape index (κ3) is 3.10. The lowest BCUT2D eigenvalue weighted by atomic mass is 10.00. The first-order valence-corrected chi connectivity index (χ1v) is 6.11. The maximum absolute atomic E-state index is 13.8. The number of carbonyl (C=O) groups excluding carboxylic acids is 1. The summed E-state index contributed by atoms with van der Waals surface area (Å²) in [6.07, 6.45) is -0.227. The largest absolute Gasteiger partial charge is 0.294 e. The fourth-order valence-corrected chi connectivity index (χ4v) is 1.92. The summed E-state index contributed by atoms with van der Waals surface area (Å²) in [5, 5.41) is 10.5. The van der Waals surface area contributed by atoms with Gasteiger partial charge in [0.1, 0.15) is 11.6 Å². The van der Waals surface area contributed by atoms with Gasteiger partial charge in [-0.15, -0.1) is 0 Å². The molecule has 0 saturated heterocycles. The molecule has 0 atom stereocenters. The molecule has 0 saturated carbocycles. The average Bonchev–Trinajstić information content (AvgIpc) is 2.44. The Bertz CT molecular complexity index is 712. The Morgan fingerprint density at radius 2 is 1.76 bits per heavy atom. The highest BCUT2D eigenvalue weighted by Crippen LogP contribution is 2.19. The summed E-state index contributed by atoms with van der Waals surface area (Å²) >= 11 is 0. The molecule has 0 unspecified atom stereocenters. The normalized spacial score (nSPS) is 10.4. The van der Waals surface area contributed by atoms with Crippen LogP contribution in [0.25, 0.3) is 0 Å². The molecule has 6 heteroatoms. The van der Waals surface area contributed by atoms with Crippen LogP contribution >= 0.6 is 0 Å². The molecule has 0 spiro atoms. The van der Waals surface area contributed by atoms with Crippen molar-refractivity contribution in [2.45, 2.75) is 13.3 Å². The SMILES string of the molecule is Cc1ccc(F)c(C(=O)Cc2ccc([N+](=O)[O-])cc2)c1F. The molecule has 2 rings (SSSR count). The molecule has 0 heterocycles. The maximum Gasteiger partial charge on any atom is 0.269 e. The van der Waals surface area contributed by atoms with E-state index >= 15 is 0 Å². The molecule has 108 valence electrons. The van der Waals surface area contributed by atoms with Crippen molar-refractivity contribution in [2.75, 3.05) is 0 Å². The van der Waals surface area contributed by atoms with Gasteiger partial charge in [0.2, 0.25) is 0 Å². The van der Waals surface area contributed by atoms with E-state index in [0.29, 0.717) is 5.56 Å². The van der Waals surface area contributed by atoms with Crippen molar-refractivity contribution in [1.82, 2.24) is 0 Å². The number of non-ortho nitro benzene ring substituents is 1. The highest BCUT2D eigenvalue weighted by Gasteiger charge is 2.19. The van der Waals surface area contributed by atoms with Crippen molar-refractivity contribution >= 4 is 11.5 Å². The third-order valence-electron chi connectivity index (χ3n) is 3.07. The van der Waals surface area contributed by atoms with Gasteiger partial charge in [-0.2, -0.15) is 0 Å². The van der Waals surface area contributed by atoms with Crippen LogP contribution in [0.5, 0.6) is 0 Å². The van der Waals surface area contributed by atoms with E-state index in [1.807, 2.05) is 0 Å². The molecule has 0 aliphatic heterocycles. The quantitative estimate of drug-likeness (QED) is 0.491. The fourth-order valence-electron chi connectivity index (χ4n) is 1.92. The van der Waals surface area contributed by atoms with Crippen molar-refractivity contribution in [2.24, 2.45) is 0 Å². The van der Waals surface area contributed by atoms with Gasteiger partial charge in [0, 0.05) is 18.6 Å². The number of ketones is 1. The molecule has 0 radical (unpaired) electrons. The van der Waals surface area contributed by atoms with E-state index in [1.165, 1.54) is 37.3 Å². The summed E-state index contributed by atoms with van der Waals surface area (Å²) in [6, 6.07) is 7.56. The van der Waals surface area contributed by atoms with Crippen molar-refractivity contribution in [3.05, 3.63) is 74.8 Å². The highest BCUT2D eigenvalue weighted by atomic mass is 19.1. The highest BCUT2D eigenvalue weighted by molar-refractivity contribution is 5.98. The van der Waals surface area contributed by atoms with Crippen LogP contribution in [-0.2, 0) is 6.42 Å². The van der Waals surface area contributed by atoms with Crippen LogP contribution in [-0.4, -0.2) is 10.7 Å². The number of nitro groups is 1. The minimum atomic E-state index is -0.912. The van der Waals surface area contributed by atoms with E-state index in [2.05, 4.69) is 0 Å². The van der Waals surface area contributed by atoms with Crippen LogP contribution in [0.3, 0.4) is 0 Å². The molecule has 0 aliphatic rings. The summed E-state index contributed by atoms with van der Waals surface area (Å²) in [6.45, 7) is 1.44. The van der Waals surface area contributed by atoms with E-state index in [1.54, 1.807) is 0 Å². The monoisotopic (exact) mass is 291 g/mol. The molecule has 2 aromatic carbocycles. The second-order valence-corrected chi connectivity index (χ2v) is 4.58. The van der Waals surface area contributed by atoms with E-state index in [-0.39, 0.29) is 17.7 Å². The summed E-state index contributed by atoms with van der Waals surface area (Å²) in [4.78, 5) is 22.0. The van der Waals surface area contributed by atoms with Crippen LogP contribution in [0.4, 0.5) is 14.5 Å². The molecule has 21 heavy (non-hydrogen) atoms. The number of rotatable bonds is 4. The average molecular weight is 291 g/mol. The second kappa shape index (κ2) is 5.78. The van der Waals surface area contributed by atoms with Gasteiger partial charge in [0.05, 0.1) is 10.5 Å². The number of nitrogens with zero attached hydrogens (tertiary/aromatic N) is 1. The van der Waals surface area contributed by atoms with Gasteiger partial charge in [-0.1, -0.05) is 18.2 Å². The van der Waals surface area contributed by atoms with E-state index < -0.39 is 27.9 Å². The van der Waals surface area contributed by atoms with Crippen molar-refractivity contribution in [3.8, 4) is 0 Å². The third-order valence-corrected chi connectivity index (χ3v) is 3.07. The number of Topliss-reactive ketones (excluding diaryl/α,β-unsaturated/α-hetero) is 1. The van der Waals surface area contributed by atoms with Gasteiger partial charge in [0.25, 0.3) is 5.69 Å². The molecule has 0 N–H and O–H groups in total. The summed E-state index contributed by atoms with van der Waals surface area (Å²) < 4.78 is 27.4. The van der Waals surface area contributed by atoms with Crippen molar-refractivity contribution < 1.29 is 18.5 Å². The molecule has 0 bridgehead atoms. The molecular weight excluding hydrogens is 280 g/mol. The molecule has 0 aliphatic carbocycles. The standard InChI is InChI=1S/C15H11F2NO3/c1-9-2-7-12(16)14(15(9)17)13(19)8-10-3-5-11(6-4-10)18(20)21/h2-7H,8H2,1H3. The first-order valence-electron chi connectivity index (χ1n) is 6.11. The molecule has 0 fully saturated rings. The lowest BCUT2D eigenvalue weighted by Crippen LogP contribution is -2.10. The number of nitro benzene ring substituents is 1. The summed E-state index contributed by atoms with van der Waals surface area (Å²) in [5.74, 6) is -2.49. The molecule has 2 aromatic rings. The Labute approximate surface area is 119 Å². The number of carbonyl (C=O) groups is 1. The van der Waals surface area contributed by atoms with Gasteiger partial charge in [-0.05, 0) is 24.1 Å². The van der Waals surface area contributed by atoms with Gasteiger partial charge in [-0.3, -0.25) is 14.9 Å². The first kappa shape index (κ1) is 14.8. The zero-order chi connectivity index (χ0) is 15.6. The van der Waals surface area contributed by atoms with E-state index in [4.69, 9.17) is 0 Å². The summed E-state index contributed by atoms with van der Waals surface area (Å²) in [7, 11) is 0. The van der Waals surface area contributed by atoms with Gasteiger partial charge in [-0.25, -0.2) is 8.78 Å². The number of hydrogen-bond acceptors (Lipinski definition) is 3. The number of halogens is 2. The molecular formula is C15H11F2NO3. The Kier molecular flexibility index (Phi) is 4.07. The smallest absolute Gasteiger partial charge is 0.269 e. The lowest BCUT2D eigenvalue weighted by Gasteiger charge is -2.06. The first-order chi connectivity index (χ1) is 9.90. The van der Waals surface area contributed by atoms with Crippen molar-refractivity contribution in [1.29, 1.82) is 0 Å². The fraction of sp³-hybridized carbons (Fsp3) is 0.133. The van der Waals surface area contributed by atoms with E-state index in [9.17, 15) is 23.7 Å². The predicted octanol–water partition coefficient (Wildman–Crippen LogP) is 3.61. The van der Waals surface area contributed by atoms with Gasteiger partial charge >= 0.3 is 0 Å². The predicted molar refractivity (Wildman–Crippen MR) is 72.2 cm³/mol. The van der Waals surface area contributed by atoms with Crippen LogP contribution in [0.15, 0.2) is 36.4 Å². The topological polar surface area (TPSA) is 60.2 Å². The second-order valence-electron chi connectivity index (χ2n) is 4.58. The zero-order valence-electron chi connectivity index (χ0n) is 11.1. The summed E-state index contributed by atoms with van der Waals surface area (Å²) in [5.41, 5.74) is -0.0539. The van der Waals surface area contributed by atoms with Crippen molar-refractivity contribution in [3.63, 3.8) is 0 Å². The van der Waals surface area contributed by atoms with Gasteiger partial charge in [0.15, 0.2) is 5.78 Å². The Hall–Kier alpha value is -2.63. The van der Waals surface area contributed by atoms with Crippen LogP contribution in [0.2, 0.25) is 0 Å². The minimum Gasteiger partial charge on any atom is -0.294 e. The van der Waals surface area contributed by atoms with Crippen LogP contribution in [0.1, 0.15) is 21.5 Å². The lowest BCUT2D eigenvalue weighted by molar-refractivity contribution is -0.384. The number of aryl methyl sites for hydroxylation is 1. The number of benzene rings is 2. The number of hydrogen-bond donors (Lipinski definition) is 0. The van der Waals surface area contributed by atoms with Crippen LogP contribution < -0.4 is 0 Å². The molecule has 0 aromatic heterocycles. The zero-order valence-corrected chi connectivity index (χ0v) is 11.1. The van der Waals surface area contributed by atoms with Gasteiger partial charge < -0.3 is 0 Å². The maximum atomic E-state index is 13.8.